The van der Waals surface area contributed by atoms with Crippen molar-refractivity contribution in [2.24, 2.45) is 0 Å². The highest BCUT2D eigenvalue weighted by atomic mass is 32.2. The van der Waals surface area contributed by atoms with E-state index in [9.17, 15) is 8.42 Å². The topological polar surface area (TPSA) is 76.0 Å². The van der Waals surface area contributed by atoms with Crippen molar-refractivity contribution in [3.05, 3.63) is 34.8 Å². The van der Waals surface area contributed by atoms with Crippen molar-refractivity contribution in [1.29, 1.82) is 0 Å². The van der Waals surface area contributed by atoms with Crippen molar-refractivity contribution in [2.45, 2.75) is 31.3 Å². The quantitative estimate of drug-likeness (QED) is 0.722. The molecule has 2 N–H and O–H groups in total. The molecule has 0 saturated heterocycles. The lowest BCUT2D eigenvalue weighted by atomic mass is 10.3. The Morgan fingerprint density at radius 1 is 1.48 bits per heavy atom. The Hall–Kier alpha value is -1.22. The molecule has 0 aliphatic carbocycles. The number of likely N-dealkylation sites (N-methyl/N-ethyl adjacent to an activating group) is 1. The first-order valence-electron chi connectivity index (χ1n) is 6.82. The van der Waals surface area contributed by atoms with E-state index in [4.69, 9.17) is 0 Å². The lowest BCUT2D eigenvalue weighted by Gasteiger charge is -2.11. The normalized spacial score (nSPS) is 13.4. The average molecular weight is 328 g/mol. The number of hydrogen-bond acceptors (Lipinski definition) is 5. The maximum atomic E-state index is 12.3. The van der Waals surface area contributed by atoms with E-state index in [1.807, 2.05) is 31.4 Å². The van der Waals surface area contributed by atoms with Crippen molar-refractivity contribution >= 4 is 21.4 Å². The Kier molecular flexibility index (Phi) is 5.51. The van der Waals surface area contributed by atoms with Crippen LogP contribution in [0.2, 0.25) is 0 Å². The van der Waals surface area contributed by atoms with Crippen LogP contribution in [0.5, 0.6) is 0 Å². The molecular weight excluding hydrogens is 308 g/mol. The van der Waals surface area contributed by atoms with Gasteiger partial charge in [0.2, 0.25) is 10.0 Å². The SMILES string of the molecule is CCNCCn1cc(S(=O)(=O)NC(C)c2cccs2)cn1. The highest BCUT2D eigenvalue weighted by Gasteiger charge is 2.20. The smallest absolute Gasteiger partial charge is 0.244 e. The molecule has 0 radical (unpaired) electrons. The zero-order chi connectivity index (χ0) is 15.3. The first-order valence-corrected chi connectivity index (χ1v) is 9.18. The Labute approximate surface area is 129 Å². The second kappa shape index (κ2) is 7.17. The van der Waals surface area contributed by atoms with E-state index in [1.165, 1.54) is 17.5 Å². The zero-order valence-electron chi connectivity index (χ0n) is 12.1. The third kappa shape index (κ3) is 4.37. The summed E-state index contributed by atoms with van der Waals surface area (Å²) in [7, 11) is -3.54. The van der Waals surface area contributed by atoms with E-state index in [1.54, 1.807) is 10.9 Å². The van der Waals surface area contributed by atoms with Crippen LogP contribution in [-0.2, 0) is 16.6 Å². The van der Waals surface area contributed by atoms with Gasteiger partial charge in [-0.2, -0.15) is 5.10 Å². The van der Waals surface area contributed by atoms with Gasteiger partial charge in [-0.1, -0.05) is 13.0 Å². The Morgan fingerprint density at radius 3 is 2.95 bits per heavy atom. The van der Waals surface area contributed by atoms with Crippen molar-refractivity contribution in [3.63, 3.8) is 0 Å². The summed E-state index contributed by atoms with van der Waals surface area (Å²) in [5.41, 5.74) is 0. The fourth-order valence-corrected chi connectivity index (χ4v) is 3.86. The standard InChI is InChI=1S/C13H20N4O2S2/c1-3-14-6-7-17-10-12(9-15-17)21(18,19)16-11(2)13-5-4-8-20-13/h4-5,8-11,14,16H,3,6-7H2,1-2H3. The van der Waals surface area contributed by atoms with E-state index >= 15 is 0 Å². The van der Waals surface area contributed by atoms with Crippen LogP contribution in [0.25, 0.3) is 0 Å². The van der Waals surface area contributed by atoms with Gasteiger partial charge in [0, 0.05) is 17.6 Å². The molecule has 0 spiro atoms. The number of rotatable bonds is 8. The van der Waals surface area contributed by atoms with Crippen LogP contribution in [0.1, 0.15) is 24.8 Å². The van der Waals surface area contributed by atoms with Gasteiger partial charge in [0.15, 0.2) is 0 Å². The average Bonchev–Trinajstić information content (AvgIpc) is 3.10. The summed E-state index contributed by atoms with van der Waals surface area (Å²) in [4.78, 5) is 1.18. The maximum Gasteiger partial charge on any atom is 0.244 e. The minimum Gasteiger partial charge on any atom is -0.315 e. The predicted molar refractivity (Wildman–Crippen MR) is 83.8 cm³/mol. The zero-order valence-corrected chi connectivity index (χ0v) is 13.7. The third-order valence-electron chi connectivity index (χ3n) is 2.99. The number of sulfonamides is 1. The number of nitrogens with one attached hydrogen (secondary N) is 2. The molecule has 2 heterocycles. The molecule has 2 aromatic heterocycles. The van der Waals surface area contributed by atoms with Gasteiger partial charge in [-0.15, -0.1) is 11.3 Å². The lowest BCUT2D eigenvalue weighted by molar-refractivity contribution is 0.560. The van der Waals surface area contributed by atoms with Crippen LogP contribution in [0.4, 0.5) is 0 Å². The Morgan fingerprint density at radius 2 is 2.29 bits per heavy atom. The molecule has 0 aliphatic heterocycles. The van der Waals surface area contributed by atoms with Crippen LogP contribution < -0.4 is 10.0 Å². The molecule has 8 heteroatoms. The van der Waals surface area contributed by atoms with Gasteiger partial charge in [0.05, 0.1) is 18.8 Å². The second-order valence-corrected chi connectivity index (χ2v) is 7.34. The molecule has 0 amide bonds. The van der Waals surface area contributed by atoms with Gasteiger partial charge >= 0.3 is 0 Å². The van der Waals surface area contributed by atoms with Gasteiger partial charge in [-0.3, -0.25) is 4.68 Å². The largest absolute Gasteiger partial charge is 0.315 e. The molecule has 6 nitrogen and oxygen atoms in total. The Bertz CT molecular complexity index is 650. The number of hydrogen-bond donors (Lipinski definition) is 2. The second-order valence-electron chi connectivity index (χ2n) is 4.65. The van der Waals surface area contributed by atoms with Crippen molar-refractivity contribution in [2.75, 3.05) is 13.1 Å². The van der Waals surface area contributed by atoms with Crippen LogP contribution in [0.3, 0.4) is 0 Å². The minimum absolute atomic E-state index is 0.197. The summed E-state index contributed by atoms with van der Waals surface area (Å²) >= 11 is 1.53. The first kappa shape index (κ1) is 16.2. The van der Waals surface area contributed by atoms with Gasteiger partial charge < -0.3 is 5.32 Å². The van der Waals surface area contributed by atoms with E-state index in [0.717, 1.165) is 18.0 Å². The van der Waals surface area contributed by atoms with Crippen LogP contribution in [0, 0.1) is 0 Å². The minimum atomic E-state index is -3.54. The molecule has 0 bridgehead atoms. The number of nitrogens with zero attached hydrogens (tertiary/aromatic N) is 2. The van der Waals surface area contributed by atoms with Gasteiger partial charge in [0.1, 0.15) is 4.90 Å². The van der Waals surface area contributed by atoms with Crippen LogP contribution in [0.15, 0.2) is 34.8 Å². The lowest BCUT2D eigenvalue weighted by Crippen LogP contribution is -2.26. The molecule has 0 aromatic carbocycles. The fourth-order valence-electron chi connectivity index (χ4n) is 1.87. The molecule has 1 atom stereocenters. The maximum absolute atomic E-state index is 12.3. The highest BCUT2D eigenvalue weighted by molar-refractivity contribution is 7.89. The number of aromatic nitrogens is 2. The molecule has 1 unspecified atom stereocenters. The first-order chi connectivity index (χ1) is 10.0. The van der Waals surface area contributed by atoms with E-state index in [2.05, 4.69) is 15.1 Å². The molecule has 2 aromatic rings. The summed E-state index contributed by atoms with van der Waals surface area (Å²) in [5, 5.41) is 9.18. The molecule has 0 saturated carbocycles. The fraction of sp³-hybridized carbons (Fsp3) is 0.462. The van der Waals surface area contributed by atoms with Crippen molar-refractivity contribution < 1.29 is 8.42 Å². The molecule has 0 fully saturated rings. The molecule has 21 heavy (non-hydrogen) atoms. The molecule has 2 rings (SSSR count). The van der Waals surface area contributed by atoms with E-state index in [-0.39, 0.29) is 10.9 Å². The highest BCUT2D eigenvalue weighted by Crippen LogP contribution is 2.20. The molecule has 116 valence electrons. The molecular formula is C13H20N4O2S2. The summed E-state index contributed by atoms with van der Waals surface area (Å²) < 4.78 is 28.9. The van der Waals surface area contributed by atoms with Crippen LogP contribution in [-0.4, -0.2) is 31.3 Å². The van der Waals surface area contributed by atoms with Crippen molar-refractivity contribution in [3.8, 4) is 0 Å². The molecule has 0 aliphatic rings. The third-order valence-corrected chi connectivity index (χ3v) is 5.54. The van der Waals surface area contributed by atoms with Crippen molar-refractivity contribution in [1.82, 2.24) is 19.8 Å². The predicted octanol–water partition coefficient (Wildman–Crippen LogP) is 1.59. The summed E-state index contributed by atoms with van der Waals surface area (Å²) in [6.07, 6.45) is 2.94. The number of thiophene rings is 1. The van der Waals surface area contributed by atoms with Crippen LogP contribution >= 0.6 is 11.3 Å². The van der Waals surface area contributed by atoms with E-state index < -0.39 is 10.0 Å². The van der Waals surface area contributed by atoms with Gasteiger partial charge in [-0.25, -0.2) is 13.1 Å². The summed E-state index contributed by atoms with van der Waals surface area (Å²) in [6.45, 7) is 6.14. The Balaban J connectivity index is 2.02. The van der Waals surface area contributed by atoms with Gasteiger partial charge in [0.25, 0.3) is 0 Å². The summed E-state index contributed by atoms with van der Waals surface area (Å²) in [6, 6.07) is 3.57. The monoisotopic (exact) mass is 328 g/mol. The summed E-state index contributed by atoms with van der Waals surface area (Å²) in [5.74, 6) is 0. The van der Waals surface area contributed by atoms with Gasteiger partial charge in [-0.05, 0) is 24.9 Å². The van der Waals surface area contributed by atoms with E-state index in [0.29, 0.717) is 6.54 Å².